The van der Waals surface area contributed by atoms with Gasteiger partial charge in [-0.15, -0.1) is 0 Å². The molecule has 0 aliphatic heterocycles. The molecule has 0 radical (unpaired) electrons. The summed E-state index contributed by atoms with van der Waals surface area (Å²) in [6, 6.07) is 0. The molecule has 0 saturated heterocycles. The third kappa shape index (κ3) is 9.88. The molecule has 0 aromatic carbocycles. The van der Waals surface area contributed by atoms with Crippen LogP contribution in [0.25, 0.3) is 0 Å². The summed E-state index contributed by atoms with van der Waals surface area (Å²) in [5, 5.41) is 0. The highest BCUT2D eigenvalue weighted by Gasteiger charge is 2.35. The normalized spacial score (nSPS) is 18.2. The highest BCUT2D eigenvalue weighted by Crippen LogP contribution is 2.29. The first-order valence-electron chi connectivity index (χ1n) is 11.0. The maximum absolute atomic E-state index is 12.2. The summed E-state index contributed by atoms with van der Waals surface area (Å²) in [4.78, 5) is 36.0. The number of esters is 1. The maximum atomic E-state index is 12.2. The van der Waals surface area contributed by atoms with Crippen molar-refractivity contribution < 1.29 is 19.1 Å². The summed E-state index contributed by atoms with van der Waals surface area (Å²) in [5.74, 6) is -1.04. The first-order chi connectivity index (χ1) is 13.1. The van der Waals surface area contributed by atoms with E-state index < -0.39 is 5.92 Å². The summed E-state index contributed by atoms with van der Waals surface area (Å²) in [6.45, 7) is 4.28. The minimum Gasteiger partial charge on any atom is -0.466 e. The number of hydrogen-bond acceptors (Lipinski definition) is 4. The van der Waals surface area contributed by atoms with E-state index in [9.17, 15) is 14.4 Å². The van der Waals surface area contributed by atoms with Crippen molar-refractivity contribution in [2.24, 2.45) is 5.92 Å². The Morgan fingerprint density at radius 1 is 0.926 bits per heavy atom. The van der Waals surface area contributed by atoms with Crippen LogP contribution in [0.3, 0.4) is 0 Å². The minimum absolute atomic E-state index is 0.0366. The minimum atomic E-state index is -0.543. The van der Waals surface area contributed by atoms with Gasteiger partial charge in [-0.2, -0.15) is 0 Å². The molecule has 1 rings (SSSR count). The number of ether oxygens (including phenoxy) is 1. The lowest BCUT2D eigenvalue weighted by Crippen LogP contribution is -2.18. The Kier molecular flexibility index (Phi) is 12.7. The van der Waals surface area contributed by atoms with Crippen LogP contribution in [-0.2, 0) is 19.1 Å². The van der Waals surface area contributed by atoms with Crippen molar-refractivity contribution in [3.8, 4) is 0 Å². The Hall–Kier alpha value is -1.45. The van der Waals surface area contributed by atoms with Crippen LogP contribution in [0.2, 0.25) is 0 Å². The van der Waals surface area contributed by atoms with Gasteiger partial charge in [0.25, 0.3) is 0 Å². The molecule has 0 bridgehead atoms. The first kappa shape index (κ1) is 23.6. The van der Waals surface area contributed by atoms with Gasteiger partial charge < -0.3 is 4.74 Å². The number of carbonyl (C=O) groups excluding carboxylic acids is 3. The molecule has 1 aliphatic rings. The molecule has 1 saturated carbocycles. The molecule has 1 fully saturated rings. The molecular formula is C23H38O4. The lowest BCUT2D eigenvalue weighted by molar-refractivity contribution is -0.146. The fourth-order valence-electron chi connectivity index (χ4n) is 3.65. The molecule has 0 N–H and O–H groups in total. The molecule has 1 atom stereocenters. The fraction of sp³-hybridized carbons (Fsp3) is 0.783. The van der Waals surface area contributed by atoms with Crippen LogP contribution < -0.4 is 0 Å². The van der Waals surface area contributed by atoms with E-state index in [1.807, 2.05) is 0 Å². The smallest absolute Gasteiger partial charge is 0.313 e. The Morgan fingerprint density at radius 3 is 2.04 bits per heavy atom. The molecule has 0 aromatic heterocycles. The van der Waals surface area contributed by atoms with Crippen molar-refractivity contribution in [3.05, 3.63) is 11.6 Å². The second-order valence-electron chi connectivity index (χ2n) is 7.62. The van der Waals surface area contributed by atoms with Crippen LogP contribution >= 0.6 is 0 Å². The number of rotatable bonds is 15. The molecular weight excluding hydrogens is 340 g/mol. The van der Waals surface area contributed by atoms with Gasteiger partial charge in [0.15, 0.2) is 11.6 Å². The topological polar surface area (TPSA) is 60.4 Å². The van der Waals surface area contributed by atoms with E-state index in [4.69, 9.17) is 4.74 Å². The van der Waals surface area contributed by atoms with Crippen LogP contribution in [0.1, 0.15) is 104 Å². The van der Waals surface area contributed by atoms with Crippen molar-refractivity contribution in [1.29, 1.82) is 0 Å². The fourth-order valence-corrected chi connectivity index (χ4v) is 3.65. The van der Waals surface area contributed by atoms with Crippen LogP contribution in [0.4, 0.5) is 0 Å². The zero-order valence-electron chi connectivity index (χ0n) is 17.4. The summed E-state index contributed by atoms with van der Waals surface area (Å²) >= 11 is 0. The van der Waals surface area contributed by atoms with Gasteiger partial charge in [-0.05, 0) is 25.8 Å². The van der Waals surface area contributed by atoms with E-state index in [0.29, 0.717) is 31.4 Å². The van der Waals surface area contributed by atoms with Gasteiger partial charge in [-0.1, -0.05) is 71.1 Å². The average Bonchev–Trinajstić information content (AvgIpc) is 3.00. The van der Waals surface area contributed by atoms with Gasteiger partial charge in [0.2, 0.25) is 0 Å². The van der Waals surface area contributed by atoms with Gasteiger partial charge in [0.05, 0.1) is 12.5 Å². The Bertz CT molecular complexity index is 493. The summed E-state index contributed by atoms with van der Waals surface area (Å²) in [6.07, 6.45) is 16.4. The Labute approximate surface area is 165 Å². The highest BCUT2D eigenvalue weighted by atomic mass is 16.5. The molecule has 27 heavy (non-hydrogen) atoms. The zero-order chi connectivity index (χ0) is 19.9. The molecule has 0 heterocycles. The van der Waals surface area contributed by atoms with E-state index in [2.05, 4.69) is 6.92 Å². The number of unbranched alkanes of at least 4 members (excludes halogenated alkanes) is 10. The molecule has 4 nitrogen and oxygen atoms in total. The van der Waals surface area contributed by atoms with E-state index in [1.165, 1.54) is 63.9 Å². The van der Waals surface area contributed by atoms with Gasteiger partial charge in [0.1, 0.15) is 0 Å². The molecule has 0 aromatic rings. The molecule has 0 spiro atoms. The first-order valence-corrected chi connectivity index (χ1v) is 11.0. The van der Waals surface area contributed by atoms with E-state index in [-0.39, 0.29) is 17.5 Å². The number of allylic oxidation sites excluding steroid dienone is 1. The van der Waals surface area contributed by atoms with E-state index in [0.717, 1.165) is 12.8 Å². The number of carbonyl (C=O) groups is 3. The average molecular weight is 379 g/mol. The van der Waals surface area contributed by atoms with Crippen molar-refractivity contribution in [3.63, 3.8) is 0 Å². The van der Waals surface area contributed by atoms with Crippen molar-refractivity contribution in [1.82, 2.24) is 0 Å². The lowest BCUT2D eigenvalue weighted by atomic mass is 9.99. The van der Waals surface area contributed by atoms with Crippen LogP contribution in [0, 0.1) is 5.92 Å². The molecule has 0 amide bonds. The van der Waals surface area contributed by atoms with Gasteiger partial charge >= 0.3 is 5.97 Å². The highest BCUT2D eigenvalue weighted by molar-refractivity contribution is 6.08. The third-order valence-corrected chi connectivity index (χ3v) is 5.27. The predicted octanol–water partition coefficient (Wildman–Crippen LogP) is 5.73. The van der Waals surface area contributed by atoms with E-state index >= 15 is 0 Å². The Morgan fingerprint density at radius 2 is 1.48 bits per heavy atom. The van der Waals surface area contributed by atoms with Gasteiger partial charge in [-0.25, -0.2) is 0 Å². The monoisotopic (exact) mass is 378 g/mol. The summed E-state index contributed by atoms with van der Waals surface area (Å²) < 4.78 is 5.02. The second-order valence-corrected chi connectivity index (χ2v) is 7.62. The van der Waals surface area contributed by atoms with Crippen molar-refractivity contribution in [2.75, 3.05) is 6.61 Å². The molecule has 154 valence electrons. The zero-order valence-corrected chi connectivity index (χ0v) is 17.4. The van der Waals surface area contributed by atoms with Crippen molar-refractivity contribution >= 4 is 17.5 Å². The van der Waals surface area contributed by atoms with Crippen LogP contribution in [0.15, 0.2) is 11.6 Å². The molecule has 1 unspecified atom stereocenters. The lowest BCUT2D eigenvalue weighted by Gasteiger charge is -2.09. The van der Waals surface area contributed by atoms with Gasteiger partial charge in [-0.3, -0.25) is 14.4 Å². The van der Waals surface area contributed by atoms with Crippen molar-refractivity contribution in [2.45, 2.75) is 104 Å². The second kappa shape index (κ2) is 14.6. The number of Topliss-reactive ketones (excluding diaryl/α,β-unsaturated/α-hetero) is 1. The Balaban J connectivity index is 2.16. The number of hydrogen-bond donors (Lipinski definition) is 0. The largest absolute Gasteiger partial charge is 0.466 e. The quantitative estimate of drug-likeness (QED) is 0.207. The summed E-state index contributed by atoms with van der Waals surface area (Å²) in [7, 11) is 0. The third-order valence-electron chi connectivity index (χ3n) is 5.27. The van der Waals surface area contributed by atoms with Gasteiger partial charge in [0, 0.05) is 18.4 Å². The van der Waals surface area contributed by atoms with E-state index in [1.54, 1.807) is 6.92 Å². The molecule has 4 heteroatoms. The van der Waals surface area contributed by atoms with Crippen LogP contribution in [0.5, 0.6) is 0 Å². The predicted molar refractivity (Wildman–Crippen MR) is 109 cm³/mol. The SMILES string of the molecule is CCCCCCCCCCCCCC(=O)C=C1C(=O)CCC1C(=O)OCC. The summed E-state index contributed by atoms with van der Waals surface area (Å²) in [5.41, 5.74) is 0.363. The maximum Gasteiger partial charge on any atom is 0.313 e. The molecule has 1 aliphatic carbocycles. The number of ketones is 2. The van der Waals surface area contributed by atoms with Crippen LogP contribution in [-0.4, -0.2) is 24.1 Å². The standard InChI is InChI=1S/C23H38O4/c1-3-5-6-7-8-9-10-11-12-13-14-15-19(24)18-21-20(16-17-22(21)25)23(26)27-4-2/h18,20H,3-17H2,1-2H3.